The van der Waals surface area contributed by atoms with Gasteiger partial charge in [-0.05, 0) is 35.5 Å². The van der Waals surface area contributed by atoms with E-state index in [1.807, 2.05) is 36.4 Å². The lowest BCUT2D eigenvalue weighted by atomic mass is 9.74. The molecule has 0 N–H and O–H groups in total. The van der Waals surface area contributed by atoms with E-state index < -0.39 is 0 Å². The molecule has 0 unspecified atom stereocenters. The van der Waals surface area contributed by atoms with Crippen molar-refractivity contribution >= 4 is 11.9 Å². The number of Topliss-reactive ketones (excluding diaryl/α,β-unsaturated/α-hetero) is 1. The molecule has 1 fully saturated rings. The lowest BCUT2D eigenvalue weighted by Crippen LogP contribution is -2.23. The molecule has 1 aromatic carbocycles. The molecule has 0 atom stereocenters. The molecule has 0 saturated heterocycles. The van der Waals surface area contributed by atoms with Crippen LogP contribution in [-0.4, -0.2) is 5.78 Å². The predicted octanol–water partition coefficient (Wildman–Crippen LogP) is 3.85. The van der Waals surface area contributed by atoms with Gasteiger partial charge in [0.05, 0.1) is 0 Å². The summed E-state index contributed by atoms with van der Waals surface area (Å²) >= 11 is 0. The first kappa shape index (κ1) is 11.1. The van der Waals surface area contributed by atoms with Crippen molar-refractivity contribution in [3.05, 3.63) is 41.5 Å². The summed E-state index contributed by atoms with van der Waals surface area (Å²) in [6, 6.07) is 10.1. The highest BCUT2D eigenvalue weighted by atomic mass is 16.1. The van der Waals surface area contributed by atoms with Crippen molar-refractivity contribution in [1.29, 1.82) is 0 Å². The molecule has 0 amide bonds. The van der Waals surface area contributed by atoms with Crippen LogP contribution in [-0.2, 0) is 4.79 Å². The molecule has 1 aliphatic rings. The Morgan fingerprint density at radius 3 is 2.56 bits per heavy atom. The lowest BCUT2D eigenvalue weighted by Gasteiger charge is -2.30. The van der Waals surface area contributed by atoms with Gasteiger partial charge in [-0.1, -0.05) is 44.2 Å². The maximum atomic E-state index is 11.8. The average Bonchev–Trinajstić information content (AvgIpc) is 2.25. The Hall–Kier alpha value is -1.37. The van der Waals surface area contributed by atoms with Gasteiger partial charge in [0.2, 0.25) is 0 Å². The number of rotatable bonds is 1. The van der Waals surface area contributed by atoms with Gasteiger partial charge in [-0.25, -0.2) is 0 Å². The monoisotopic (exact) mass is 214 g/mol. The summed E-state index contributed by atoms with van der Waals surface area (Å²) < 4.78 is 0. The minimum atomic E-state index is 0.272. The van der Waals surface area contributed by atoms with E-state index in [-0.39, 0.29) is 5.41 Å². The third kappa shape index (κ3) is 2.60. The number of hydrogen-bond donors (Lipinski definition) is 0. The molecular formula is C15H18O. The van der Waals surface area contributed by atoms with E-state index in [0.717, 1.165) is 24.0 Å². The largest absolute Gasteiger partial charge is 0.295 e. The summed E-state index contributed by atoms with van der Waals surface area (Å²) in [4.78, 5) is 11.8. The second-order valence-electron chi connectivity index (χ2n) is 5.34. The van der Waals surface area contributed by atoms with E-state index >= 15 is 0 Å². The minimum absolute atomic E-state index is 0.272. The first-order chi connectivity index (χ1) is 7.57. The Morgan fingerprint density at radius 1 is 1.19 bits per heavy atom. The summed E-state index contributed by atoms with van der Waals surface area (Å²) in [6.07, 6.45) is 4.66. The van der Waals surface area contributed by atoms with Gasteiger partial charge in [0.15, 0.2) is 5.78 Å². The molecule has 0 bridgehead atoms. The first-order valence-corrected chi connectivity index (χ1v) is 5.86. The quantitative estimate of drug-likeness (QED) is 0.649. The molecule has 0 radical (unpaired) electrons. The molecule has 0 aliphatic heterocycles. The third-order valence-corrected chi connectivity index (χ3v) is 3.20. The number of benzene rings is 1. The van der Waals surface area contributed by atoms with Gasteiger partial charge < -0.3 is 0 Å². The smallest absolute Gasteiger partial charge is 0.158 e. The van der Waals surface area contributed by atoms with Gasteiger partial charge >= 0.3 is 0 Å². The molecule has 1 heteroatoms. The molecule has 1 aromatic rings. The number of carbonyl (C=O) groups excluding carboxylic acids is 1. The highest BCUT2D eigenvalue weighted by Gasteiger charge is 2.28. The van der Waals surface area contributed by atoms with Crippen LogP contribution < -0.4 is 0 Å². The van der Waals surface area contributed by atoms with Crippen molar-refractivity contribution in [2.45, 2.75) is 33.1 Å². The standard InChI is InChI=1S/C15H18O/c1-15(2)9-8-14(16)13(11-15)10-12-6-4-3-5-7-12/h3-7,10H,8-9,11H2,1-2H3/b13-10+. The first-order valence-electron chi connectivity index (χ1n) is 5.86. The summed E-state index contributed by atoms with van der Waals surface area (Å²) in [5.41, 5.74) is 2.39. The van der Waals surface area contributed by atoms with Gasteiger partial charge in [-0.15, -0.1) is 0 Å². The van der Waals surface area contributed by atoms with E-state index in [2.05, 4.69) is 13.8 Å². The predicted molar refractivity (Wildman–Crippen MR) is 67.1 cm³/mol. The Balaban J connectivity index is 2.25. The van der Waals surface area contributed by atoms with Crippen molar-refractivity contribution in [2.75, 3.05) is 0 Å². The van der Waals surface area contributed by atoms with Crippen LogP contribution in [0.15, 0.2) is 35.9 Å². The topological polar surface area (TPSA) is 17.1 Å². The zero-order valence-corrected chi connectivity index (χ0v) is 9.99. The summed E-state index contributed by atoms with van der Waals surface area (Å²) in [5.74, 6) is 0.322. The molecular weight excluding hydrogens is 196 g/mol. The number of hydrogen-bond acceptors (Lipinski definition) is 1. The molecule has 1 nitrogen and oxygen atoms in total. The summed E-state index contributed by atoms with van der Waals surface area (Å²) in [7, 11) is 0. The van der Waals surface area contributed by atoms with Crippen molar-refractivity contribution in [2.24, 2.45) is 5.41 Å². The number of allylic oxidation sites excluding steroid dienone is 1. The number of ketones is 1. The Morgan fingerprint density at radius 2 is 1.88 bits per heavy atom. The van der Waals surface area contributed by atoms with Crippen LogP contribution in [0.4, 0.5) is 0 Å². The third-order valence-electron chi connectivity index (χ3n) is 3.20. The van der Waals surface area contributed by atoms with Crippen molar-refractivity contribution in [3.8, 4) is 0 Å². The highest BCUT2D eigenvalue weighted by molar-refractivity contribution is 6.00. The zero-order chi connectivity index (χ0) is 11.6. The van der Waals surface area contributed by atoms with Crippen molar-refractivity contribution in [1.82, 2.24) is 0 Å². The Labute approximate surface area is 97.2 Å². The van der Waals surface area contributed by atoms with Crippen LogP contribution in [0.25, 0.3) is 6.08 Å². The summed E-state index contributed by atoms with van der Waals surface area (Å²) in [5, 5.41) is 0. The second kappa shape index (κ2) is 4.25. The maximum absolute atomic E-state index is 11.8. The van der Waals surface area contributed by atoms with Gasteiger partial charge in [0, 0.05) is 6.42 Å². The van der Waals surface area contributed by atoms with E-state index in [1.54, 1.807) is 0 Å². The van der Waals surface area contributed by atoms with Gasteiger partial charge in [-0.2, -0.15) is 0 Å². The fourth-order valence-corrected chi connectivity index (χ4v) is 2.20. The van der Waals surface area contributed by atoms with Gasteiger partial charge in [-0.3, -0.25) is 4.79 Å². The maximum Gasteiger partial charge on any atom is 0.158 e. The average molecular weight is 214 g/mol. The number of carbonyl (C=O) groups is 1. The zero-order valence-electron chi connectivity index (χ0n) is 9.99. The Kier molecular flexibility index (Phi) is 2.95. The SMILES string of the molecule is CC1(C)CCC(=O)/C(=C/c2ccccc2)C1. The second-order valence-corrected chi connectivity index (χ2v) is 5.34. The molecule has 16 heavy (non-hydrogen) atoms. The van der Waals surface area contributed by atoms with Gasteiger partial charge in [0.1, 0.15) is 0 Å². The molecule has 84 valence electrons. The van der Waals surface area contributed by atoms with Gasteiger partial charge in [0.25, 0.3) is 0 Å². The van der Waals surface area contributed by atoms with E-state index in [4.69, 9.17) is 0 Å². The summed E-state index contributed by atoms with van der Waals surface area (Å²) in [6.45, 7) is 4.47. The van der Waals surface area contributed by atoms with E-state index in [0.29, 0.717) is 12.2 Å². The van der Waals surface area contributed by atoms with Crippen molar-refractivity contribution in [3.63, 3.8) is 0 Å². The van der Waals surface area contributed by atoms with E-state index in [9.17, 15) is 4.79 Å². The minimum Gasteiger partial charge on any atom is -0.295 e. The van der Waals surface area contributed by atoms with Crippen molar-refractivity contribution < 1.29 is 4.79 Å². The molecule has 2 rings (SSSR count). The molecule has 0 aromatic heterocycles. The highest BCUT2D eigenvalue weighted by Crippen LogP contribution is 2.37. The van der Waals surface area contributed by atoms with Crippen LogP contribution in [0.2, 0.25) is 0 Å². The van der Waals surface area contributed by atoms with Crippen LogP contribution in [0, 0.1) is 5.41 Å². The fraction of sp³-hybridized carbons (Fsp3) is 0.400. The van der Waals surface area contributed by atoms with Crippen LogP contribution >= 0.6 is 0 Å². The van der Waals surface area contributed by atoms with Crippen LogP contribution in [0.1, 0.15) is 38.7 Å². The molecule has 1 saturated carbocycles. The molecule has 1 aliphatic carbocycles. The van der Waals surface area contributed by atoms with E-state index in [1.165, 1.54) is 0 Å². The molecule has 0 heterocycles. The lowest BCUT2D eigenvalue weighted by molar-refractivity contribution is -0.117. The normalized spacial score (nSPS) is 22.4. The fourth-order valence-electron chi connectivity index (χ4n) is 2.20. The van der Waals surface area contributed by atoms with Crippen LogP contribution in [0.3, 0.4) is 0 Å². The molecule has 0 spiro atoms. The Bertz CT molecular complexity index is 412. The van der Waals surface area contributed by atoms with Crippen LogP contribution in [0.5, 0.6) is 0 Å².